The van der Waals surface area contributed by atoms with Gasteiger partial charge >= 0.3 is 5.97 Å². The third-order valence-electron chi connectivity index (χ3n) is 3.02. The fourth-order valence-corrected chi connectivity index (χ4v) is 3.05. The maximum Gasteiger partial charge on any atom is 0.310 e. The molecule has 0 spiro atoms. The summed E-state index contributed by atoms with van der Waals surface area (Å²) in [6.45, 7) is 4.45. The van der Waals surface area contributed by atoms with Gasteiger partial charge in [0, 0.05) is 13.6 Å². The van der Waals surface area contributed by atoms with Crippen LogP contribution >= 0.6 is 11.3 Å². The van der Waals surface area contributed by atoms with Crippen molar-refractivity contribution in [1.29, 1.82) is 0 Å². The van der Waals surface area contributed by atoms with Crippen LogP contribution in [0.1, 0.15) is 12.5 Å². The molecule has 0 aromatic carbocycles. The number of nitrogens with zero attached hydrogens (tertiary/aromatic N) is 3. The van der Waals surface area contributed by atoms with Crippen LogP contribution in [0.3, 0.4) is 0 Å². The van der Waals surface area contributed by atoms with Crippen LogP contribution in [0.4, 0.5) is 5.82 Å². The van der Waals surface area contributed by atoms with Crippen LogP contribution in [0.2, 0.25) is 0 Å². The Balaban J connectivity index is 2.26. The molecule has 0 aliphatic heterocycles. The van der Waals surface area contributed by atoms with Gasteiger partial charge in [0.25, 0.3) is 0 Å². The Morgan fingerprint density at radius 1 is 1.53 bits per heavy atom. The van der Waals surface area contributed by atoms with Crippen molar-refractivity contribution in [2.75, 3.05) is 25.6 Å². The number of carbonyl (C=O) groups is 1. The lowest BCUT2D eigenvalue weighted by molar-refractivity contribution is -0.144. The summed E-state index contributed by atoms with van der Waals surface area (Å²) in [6.07, 6.45) is 1.57. The third-order valence-corrected chi connectivity index (χ3v) is 4.11. The van der Waals surface area contributed by atoms with Crippen molar-refractivity contribution in [3.63, 3.8) is 0 Å². The van der Waals surface area contributed by atoms with Crippen molar-refractivity contribution in [3.8, 4) is 0 Å². The summed E-state index contributed by atoms with van der Waals surface area (Å²) in [6, 6.07) is 0. The van der Waals surface area contributed by atoms with Crippen molar-refractivity contribution in [3.05, 3.63) is 17.3 Å². The summed E-state index contributed by atoms with van der Waals surface area (Å²) in [4.78, 5) is 22.1. The number of hydrogen-bond acceptors (Lipinski definition) is 6. The molecule has 2 aromatic rings. The molecule has 0 aliphatic carbocycles. The molecule has 0 aliphatic rings. The molecule has 0 saturated carbocycles. The predicted molar refractivity (Wildman–Crippen MR) is 76.6 cm³/mol. The lowest BCUT2D eigenvalue weighted by atomic mass is 10.2. The molecule has 2 aromatic heterocycles. The van der Waals surface area contributed by atoms with Crippen LogP contribution in [0, 0.1) is 12.8 Å². The molecule has 0 N–H and O–H groups in total. The second-order valence-corrected chi connectivity index (χ2v) is 5.48. The number of carbonyl (C=O) groups excluding carboxylic acids is 1. The van der Waals surface area contributed by atoms with Gasteiger partial charge in [-0.25, -0.2) is 9.97 Å². The molecule has 0 amide bonds. The van der Waals surface area contributed by atoms with E-state index in [1.807, 2.05) is 25.8 Å². The minimum Gasteiger partial charge on any atom is -0.469 e. The van der Waals surface area contributed by atoms with Crippen LogP contribution in [0.5, 0.6) is 0 Å². The van der Waals surface area contributed by atoms with Crippen LogP contribution in [-0.2, 0) is 9.53 Å². The van der Waals surface area contributed by atoms with Gasteiger partial charge in [-0.15, -0.1) is 11.3 Å². The number of thiophene rings is 1. The standard InChI is InChI=1S/C13H17N3O2S/c1-8(13(17)18-4)5-16(3)12-11-10(14-7-15-12)9(2)6-19-11/h6-8H,5H2,1-4H3. The van der Waals surface area contributed by atoms with Crippen molar-refractivity contribution in [2.24, 2.45) is 5.92 Å². The molecule has 0 bridgehead atoms. The highest BCUT2D eigenvalue weighted by Gasteiger charge is 2.18. The van der Waals surface area contributed by atoms with Crippen molar-refractivity contribution in [2.45, 2.75) is 13.8 Å². The minimum absolute atomic E-state index is 0.193. The Hall–Kier alpha value is -1.69. The molecule has 5 nitrogen and oxygen atoms in total. The molecule has 1 atom stereocenters. The van der Waals surface area contributed by atoms with E-state index >= 15 is 0 Å². The van der Waals surface area contributed by atoms with Gasteiger partial charge in [-0.2, -0.15) is 0 Å². The zero-order valence-electron chi connectivity index (χ0n) is 11.5. The van der Waals surface area contributed by atoms with E-state index in [1.54, 1.807) is 17.7 Å². The second kappa shape index (κ2) is 5.52. The van der Waals surface area contributed by atoms with Crippen LogP contribution in [-0.4, -0.2) is 36.6 Å². The molecule has 1 unspecified atom stereocenters. The Morgan fingerprint density at radius 3 is 2.95 bits per heavy atom. The highest BCUT2D eigenvalue weighted by atomic mass is 32.1. The first-order chi connectivity index (χ1) is 9.04. The number of anilines is 1. The van der Waals surface area contributed by atoms with Gasteiger partial charge in [-0.05, 0) is 17.9 Å². The quantitative estimate of drug-likeness (QED) is 0.803. The van der Waals surface area contributed by atoms with E-state index in [1.165, 1.54) is 7.11 Å². The van der Waals surface area contributed by atoms with Crippen LogP contribution in [0.15, 0.2) is 11.7 Å². The number of methoxy groups -OCH3 is 1. The molecule has 2 rings (SSSR count). The Bertz CT molecular complexity index is 597. The first-order valence-electron chi connectivity index (χ1n) is 6.02. The Morgan fingerprint density at radius 2 is 2.26 bits per heavy atom. The molecule has 0 radical (unpaired) electrons. The van der Waals surface area contributed by atoms with Gasteiger partial charge in [0.1, 0.15) is 12.1 Å². The van der Waals surface area contributed by atoms with E-state index in [0.717, 1.165) is 21.6 Å². The maximum absolute atomic E-state index is 11.5. The van der Waals surface area contributed by atoms with E-state index in [2.05, 4.69) is 15.3 Å². The average Bonchev–Trinajstić information content (AvgIpc) is 2.79. The van der Waals surface area contributed by atoms with Crippen LogP contribution < -0.4 is 4.90 Å². The van der Waals surface area contributed by atoms with E-state index in [-0.39, 0.29) is 11.9 Å². The number of aromatic nitrogens is 2. The number of hydrogen-bond donors (Lipinski definition) is 0. The van der Waals surface area contributed by atoms with Gasteiger partial charge in [0.2, 0.25) is 0 Å². The molecular formula is C13H17N3O2S. The van der Waals surface area contributed by atoms with Crippen molar-refractivity contribution in [1.82, 2.24) is 9.97 Å². The van der Waals surface area contributed by atoms with E-state index < -0.39 is 0 Å². The summed E-state index contributed by atoms with van der Waals surface area (Å²) in [7, 11) is 3.33. The van der Waals surface area contributed by atoms with Gasteiger partial charge in [-0.3, -0.25) is 4.79 Å². The zero-order valence-corrected chi connectivity index (χ0v) is 12.3. The lowest BCUT2D eigenvalue weighted by Gasteiger charge is -2.21. The Kier molecular flexibility index (Phi) is 3.99. The minimum atomic E-state index is -0.209. The Labute approximate surface area is 116 Å². The maximum atomic E-state index is 11.5. The second-order valence-electron chi connectivity index (χ2n) is 4.60. The summed E-state index contributed by atoms with van der Waals surface area (Å²) in [5.41, 5.74) is 2.13. The molecule has 102 valence electrons. The smallest absolute Gasteiger partial charge is 0.310 e. The van der Waals surface area contributed by atoms with Gasteiger partial charge in [-0.1, -0.05) is 6.92 Å². The topological polar surface area (TPSA) is 55.3 Å². The van der Waals surface area contributed by atoms with Crippen LogP contribution in [0.25, 0.3) is 10.2 Å². The first-order valence-corrected chi connectivity index (χ1v) is 6.90. The lowest BCUT2D eigenvalue weighted by Crippen LogP contribution is -2.29. The third kappa shape index (κ3) is 2.68. The normalized spacial score (nSPS) is 12.4. The van der Waals surface area contributed by atoms with E-state index in [0.29, 0.717) is 6.54 Å². The van der Waals surface area contributed by atoms with Gasteiger partial charge in [0.05, 0.1) is 23.2 Å². The number of fused-ring (bicyclic) bond motifs is 1. The summed E-state index contributed by atoms with van der Waals surface area (Å²) >= 11 is 1.63. The highest BCUT2D eigenvalue weighted by molar-refractivity contribution is 7.18. The monoisotopic (exact) mass is 279 g/mol. The number of esters is 1. The molecule has 6 heteroatoms. The summed E-state index contributed by atoms with van der Waals surface area (Å²) < 4.78 is 5.80. The van der Waals surface area contributed by atoms with Gasteiger partial charge in [0.15, 0.2) is 0 Å². The average molecular weight is 279 g/mol. The number of aryl methyl sites for hydroxylation is 1. The molecule has 0 fully saturated rings. The van der Waals surface area contributed by atoms with Crippen molar-refractivity contribution < 1.29 is 9.53 Å². The summed E-state index contributed by atoms with van der Waals surface area (Å²) in [5, 5.41) is 2.07. The fraction of sp³-hybridized carbons (Fsp3) is 0.462. The molecule has 19 heavy (non-hydrogen) atoms. The zero-order chi connectivity index (χ0) is 14.0. The molecule has 0 saturated heterocycles. The van der Waals surface area contributed by atoms with Crippen molar-refractivity contribution >= 4 is 33.3 Å². The number of ether oxygens (including phenoxy) is 1. The predicted octanol–water partition coefficient (Wildman–Crippen LogP) is 2.25. The highest BCUT2D eigenvalue weighted by Crippen LogP contribution is 2.30. The van der Waals surface area contributed by atoms with Gasteiger partial charge < -0.3 is 9.64 Å². The molecule has 2 heterocycles. The summed E-state index contributed by atoms with van der Waals surface area (Å²) in [5.74, 6) is 0.458. The van der Waals surface area contributed by atoms with E-state index in [9.17, 15) is 4.79 Å². The largest absolute Gasteiger partial charge is 0.469 e. The number of rotatable bonds is 4. The fourth-order valence-electron chi connectivity index (χ4n) is 2.00. The van der Waals surface area contributed by atoms with E-state index in [4.69, 9.17) is 4.74 Å². The molecular weight excluding hydrogens is 262 g/mol. The first kappa shape index (κ1) is 13.7. The SMILES string of the molecule is COC(=O)C(C)CN(C)c1ncnc2c(C)csc12.